The van der Waals surface area contributed by atoms with Gasteiger partial charge >= 0.3 is 0 Å². The van der Waals surface area contributed by atoms with Crippen LogP contribution in [0.3, 0.4) is 0 Å². The highest BCUT2D eigenvalue weighted by molar-refractivity contribution is 7.90. The lowest BCUT2D eigenvalue weighted by atomic mass is 10.3. The zero-order chi connectivity index (χ0) is 14.0. The quantitative estimate of drug-likeness (QED) is 0.913. The van der Waals surface area contributed by atoms with Crippen molar-refractivity contribution in [2.24, 2.45) is 0 Å². The SMILES string of the molecule is CCc1ccc(-c2nn(CCS(C)(=O)=O)cc2N)s1. The second-order valence-electron chi connectivity index (χ2n) is 4.45. The van der Waals surface area contributed by atoms with Gasteiger partial charge in [0.25, 0.3) is 0 Å². The summed E-state index contributed by atoms with van der Waals surface area (Å²) < 4.78 is 23.9. The Hall–Kier alpha value is -1.34. The molecule has 0 spiro atoms. The molecule has 0 radical (unpaired) electrons. The fourth-order valence-corrected chi connectivity index (χ4v) is 3.17. The van der Waals surface area contributed by atoms with Crippen molar-refractivity contribution in [2.75, 3.05) is 17.7 Å². The minimum absolute atomic E-state index is 0.0677. The summed E-state index contributed by atoms with van der Waals surface area (Å²) in [5.74, 6) is 0.0677. The van der Waals surface area contributed by atoms with Crippen LogP contribution in [-0.2, 0) is 22.8 Å². The molecule has 2 N–H and O–H groups in total. The van der Waals surface area contributed by atoms with Crippen molar-refractivity contribution in [3.63, 3.8) is 0 Å². The van der Waals surface area contributed by atoms with Crippen LogP contribution in [0, 0.1) is 0 Å². The molecule has 2 heterocycles. The number of hydrogen-bond acceptors (Lipinski definition) is 5. The van der Waals surface area contributed by atoms with E-state index in [2.05, 4.69) is 18.1 Å². The lowest BCUT2D eigenvalue weighted by Crippen LogP contribution is -2.11. The predicted molar refractivity (Wildman–Crippen MR) is 79.0 cm³/mol. The molecule has 0 aliphatic heterocycles. The van der Waals surface area contributed by atoms with Gasteiger partial charge in [-0.1, -0.05) is 6.92 Å². The predicted octanol–water partition coefficient (Wildman–Crippen LogP) is 1.80. The summed E-state index contributed by atoms with van der Waals surface area (Å²) >= 11 is 1.66. The first-order chi connectivity index (χ1) is 8.89. The molecular weight excluding hydrogens is 282 g/mol. The van der Waals surface area contributed by atoms with Gasteiger partial charge in [0, 0.05) is 17.3 Å². The number of nitrogens with two attached hydrogens (primary N) is 1. The Kier molecular flexibility index (Phi) is 3.96. The third-order valence-electron chi connectivity index (χ3n) is 2.72. The Bertz CT molecular complexity index is 671. The maximum atomic E-state index is 11.1. The second-order valence-corrected chi connectivity index (χ2v) is 7.87. The molecule has 104 valence electrons. The van der Waals surface area contributed by atoms with Gasteiger partial charge in [-0.15, -0.1) is 11.3 Å². The van der Waals surface area contributed by atoms with Crippen LogP contribution in [-0.4, -0.2) is 30.2 Å². The van der Waals surface area contributed by atoms with E-state index in [9.17, 15) is 8.42 Å². The van der Waals surface area contributed by atoms with Crippen molar-refractivity contribution in [1.82, 2.24) is 9.78 Å². The van der Waals surface area contributed by atoms with Gasteiger partial charge in [-0.25, -0.2) is 8.42 Å². The monoisotopic (exact) mass is 299 g/mol. The largest absolute Gasteiger partial charge is 0.396 e. The van der Waals surface area contributed by atoms with Crippen molar-refractivity contribution >= 4 is 26.9 Å². The van der Waals surface area contributed by atoms with Crippen LogP contribution in [0.25, 0.3) is 10.6 Å². The van der Waals surface area contributed by atoms with E-state index in [0.717, 1.165) is 17.0 Å². The van der Waals surface area contributed by atoms with Gasteiger partial charge in [0.2, 0.25) is 0 Å². The van der Waals surface area contributed by atoms with E-state index in [-0.39, 0.29) is 5.75 Å². The van der Waals surface area contributed by atoms with Crippen LogP contribution in [0.2, 0.25) is 0 Å². The molecule has 7 heteroatoms. The summed E-state index contributed by atoms with van der Waals surface area (Å²) in [5.41, 5.74) is 7.25. The van der Waals surface area contributed by atoms with Crippen LogP contribution >= 0.6 is 11.3 Å². The van der Waals surface area contributed by atoms with Crippen LogP contribution in [0.1, 0.15) is 11.8 Å². The van der Waals surface area contributed by atoms with Gasteiger partial charge in [-0.05, 0) is 18.6 Å². The minimum Gasteiger partial charge on any atom is -0.396 e. The smallest absolute Gasteiger partial charge is 0.149 e. The third-order valence-corrected chi connectivity index (χ3v) is 4.89. The average Bonchev–Trinajstić information content (AvgIpc) is 2.91. The molecule has 19 heavy (non-hydrogen) atoms. The number of anilines is 1. The number of nitrogen functional groups attached to an aromatic ring is 1. The average molecular weight is 299 g/mol. The standard InChI is InChI=1S/C12H17N3O2S2/c1-3-9-4-5-11(18-9)12-10(13)8-15(14-12)6-7-19(2,16)17/h4-5,8H,3,6-7,13H2,1-2H3. The molecule has 2 aromatic heterocycles. The molecule has 0 aliphatic rings. The zero-order valence-corrected chi connectivity index (χ0v) is 12.6. The van der Waals surface area contributed by atoms with Gasteiger partial charge in [-0.2, -0.15) is 5.10 Å². The van der Waals surface area contributed by atoms with Crippen LogP contribution in [0.5, 0.6) is 0 Å². The normalized spacial score (nSPS) is 11.9. The van der Waals surface area contributed by atoms with Crippen LogP contribution in [0.4, 0.5) is 5.69 Å². The minimum atomic E-state index is -2.99. The Balaban J connectivity index is 2.21. The number of aromatic nitrogens is 2. The van der Waals surface area contributed by atoms with Crippen molar-refractivity contribution in [3.05, 3.63) is 23.2 Å². The Labute approximate surface area is 117 Å². The van der Waals surface area contributed by atoms with E-state index in [1.54, 1.807) is 22.2 Å². The topological polar surface area (TPSA) is 78.0 Å². The van der Waals surface area contributed by atoms with E-state index in [1.165, 1.54) is 11.1 Å². The van der Waals surface area contributed by atoms with Gasteiger partial charge in [0.05, 0.1) is 22.9 Å². The number of nitrogens with zero attached hydrogens (tertiary/aromatic N) is 2. The molecule has 0 bridgehead atoms. The fourth-order valence-electron chi connectivity index (χ4n) is 1.70. The summed E-state index contributed by atoms with van der Waals surface area (Å²) in [7, 11) is -2.99. The summed E-state index contributed by atoms with van der Waals surface area (Å²) in [5, 5.41) is 4.37. The Morgan fingerprint density at radius 2 is 2.16 bits per heavy atom. The van der Waals surface area contributed by atoms with Gasteiger partial charge in [-0.3, -0.25) is 4.68 Å². The molecule has 2 aromatic rings. The first-order valence-corrected chi connectivity index (χ1v) is 8.86. The van der Waals surface area contributed by atoms with E-state index in [0.29, 0.717) is 12.2 Å². The summed E-state index contributed by atoms with van der Waals surface area (Å²) in [6.45, 7) is 2.43. The third kappa shape index (κ3) is 3.57. The molecular formula is C12H17N3O2S2. The van der Waals surface area contributed by atoms with Crippen LogP contribution < -0.4 is 5.73 Å². The number of aryl methyl sites for hydroxylation is 2. The summed E-state index contributed by atoms with van der Waals surface area (Å²) in [6, 6.07) is 4.07. The van der Waals surface area contributed by atoms with E-state index in [4.69, 9.17) is 5.73 Å². The van der Waals surface area contributed by atoms with Gasteiger partial charge in [0.1, 0.15) is 15.5 Å². The van der Waals surface area contributed by atoms with E-state index < -0.39 is 9.84 Å². The first-order valence-electron chi connectivity index (χ1n) is 5.99. The number of hydrogen-bond donors (Lipinski definition) is 1. The lowest BCUT2D eigenvalue weighted by molar-refractivity contribution is 0.586. The number of thiophene rings is 1. The molecule has 0 amide bonds. The summed E-state index contributed by atoms with van der Waals surface area (Å²) in [6.07, 6.45) is 3.89. The number of sulfone groups is 1. The van der Waals surface area contributed by atoms with Gasteiger partial charge in [0.15, 0.2) is 0 Å². The fraction of sp³-hybridized carbons (Fsp3) is 0.417. The maximum Gasteiger partial charge on any atom is 0.149 e. The first kappa shape index (κ1) is 14.1. The molecule has 5 nitrogen and oxygen atoms in total. The molecule has 0 aliphatic carbocycles. The van der Waals surface area contributed by atoms with Gasteiger partial charge < -0.3 is 5.73 Å². The van der Waals surface area contributed by atoms with E-state index >= 15 is 0 Å². The van der Waals surface area contributed by atoms with E-state index in [1.807, 2.05) is 6.07 Å². The second kappa shape index (κ2) is 5.34. The molecule has 0 atom stereocenters. The lowest BCUT2D eigenvalue weighted by Gasteiger charge is -1.98. The molecule has 0 saturated carbocycles. The van der Waals surface area contributed by atoms with Crippen molar-refractivity contribution < 1.29 is 8.42 Å². The van der Waals surface area contributed by atoms with Crippen LogP contribution in [0.15, 0.2) is 18.3 Å². The molecule has 0 saturated heterocycles. The molecule has 0 unspecified atom stereocenters. The highest BCUT2D eigenvalue weighted by Crippen LogP contribution is 2.31. The molecule has 0 fully saturated rings. The Morgan fingerprint density at radius 3 is 2.74 bits per heavy atom. The maximum absolute atomic E-state index is 11.1. The highest BCUT2D eigenvalue weighted by atomic mass is 32.2. The van der Waals surface area contributed by atoms with Crippen molar-refractivity contribution in [3.8, 4) is 10.6 Å². The zero-order valence-electron chi connectivity index (χ0n) is 11.0. The Morgan fingerprint density at radius 1 is 1.42 bits per heavy atom. The highest BCUT2D eigenvalue weighted by Gasteiger charge is 2.12. The van der Waals surface area contributed by atoms with Crippen molar-refractivity contribution in [1.29, 1.82) is 0 Å². The molecule has 2 rings (SSSR count). The summed E-state index contributed by atoms with van der Waals surface area (Å²) in [4.78, 5) is 2.30. The van der Waals surface area contributed by atoms with Crippen molar-refractivity contribution in [2.45, 2.75) is 19.9 Å². The molecule has 0 aromatic carbocycles. The number of rotatable bonds is 5.